The van der Waals surface area contributed by atoms with E-state index in [4.69, 9.17) is 10.2 Å². The van der Waals surface area contributed by atoms with Crippen LogP contribution in [0.4, 0.5) is 13.2 Å². The van der Waals surface area contributed by atoms with E-state index in [1.54, 1.807) is 0 Å². The van der Waals surface area contributed by atoms with Crippen LogP contribution < -0.4 is 5.32 Å². The molecule has 0 rings (SSSR count). The number of halogens is 3. The average Bonchev–Trinajstić information content (AvgIpc) is 2.23. The Morgan fingerprint density at radius 1 is 1.29 bits per heavy atom. The maximum atomic E-state index is 11.7. The highest BCUT2D eigenvalue weighted by Gasteiger charge is 2.28. The van der Waals surface area contributed by atoms with Crippen LogP contribution in [0.3, 0.4) is 0 Å². The van der Waals surface area contributed by atoms with Crippen molar-refractivity contribution < 1.29 is 32.9 Å². The van der Waals surface area contributed by atoms with Gasteiger partial charge in [0.1, 0.15) is 6.61 Å². The Morgan fingerprint density at radius 3 is 2.24 bits per heavy atom. The predicted octanol–water partition coefficient (Wildman–Crippen LogP) is -0.185. The molecule has 0 saturated heterocycles. The molecule has 0 radical (unpaired) electrons. The molecule has 0 aliphatic rings. The van der Waals surface area contributed by atoms with Gasteiger partial charge < -0.3 is 20.3 Å². The SMILES string of the molecule is CC(CO)(CO)NC(=O)CCOCC(F)(F)F. The summed E-state index contributed by atoms with van der Waals surface area (Å²) in [5, 5.41) is 20.0. The smallest absolute Gasteiger partial charge is 0.394 e. The van der Waals surface area contributed by atoms with Gasteiger partial charge >= 0.3 is 6.18 Å². The number of carbonyl (C=O) groups is 1. The minimum Gasteiger partial charge on any atom is -0.394 e. The number of ether oxygens (including phenoxy) is 1. The third-order valence-electron chi connectivity index (χ3n) is 1.88. The van der Waals surface area contributed by atoms with Crippen LogP contribution in [-0.4, -0.2) is 54.3 Å². The van der Waals surface area contributed by atoms with Gasteiger partial charge in [-0.2, -0.15) is 13.2 Å². The summed E-state index contributed by atoms with van der Waals surface area (Å²) in [7, 11) is 0. The molecule has 0 aliphatic carbocycles. The first-order valence-corrected chi connectivity index (χ1v) is 4.90. The van der Waals surface area contributed by atoms with Gasteiger partial charge in [-0.05, 0) is 6.92 Å². The number of alkyl halides is 3. The van der Waals surface area contributed by atoms with Crippen molar-refractivity contribution in [1.29, 1.82) is 0 Å². The van der Waals surface area contributed by atoms with Crippen molar-refractivity contribution in [2.45, 2.75) is 25.1 Å². The van der Waals surface area contributed by atoms with Gasteiger partial charge in [-0.1, -0.05) is 0 Å². The Kier molecular flexibility index (Phi) is 6.43. The molecular formula is C9H16F3NO4. The number of aliphatic hydroxyl groups excluding tert-OH is 2. The lowest BCUT2D eigenvalue weighted by molar-refractivity contribution is -0.174. The van der Waals surface area contributed by atoms with E-state index >= 15 is 0 Å². The zero-order valence-corrected chi connectivity index (χ0v) is 9.38. The maximum Gasteiger partial charge on any atom is 0.411 e. The summed E-state index contributed by atoms with van der Waals surface area (Å²) in [5.74, 6) is -0.599. The predicted molar refractivity (Wildman–Crippen MR) is 52.2 cm³/mol. The molecule has 1 amide bonds. The van der Waals surface area contributed by atoms with Crippen LogP contribution in [0.5, 0.6) is 0 Å². The summed E-state index contributed by atoms with van der Waals surface area (Å²) in [6.45, 7) is -1.32. The lowest BCUT2D eigenvalue weighted by Gasteiger charge is -2.26. The number of amides is 1. The fourth-order valence-electron chi connectivity index (χ4n) is 0.881. The summed E-state index contributed by atoms with van der Waals surface area (Å²) >= 11 is 0. The standard InChI is InChI=1S/C9H16F3NO4/c1-8(4-14,5-15)13-7(16)2-3-17-6-9(10,11)12/h14-15H,2-6H2,1H3,(H,13,16). The molecule has 0 heterocycles. The summed E-state index contributed by atoms with van der Waals surface area (Å²) < 4.78 is 39.2. The molecule has 17 heavy (non-hydrogen) atoms. The molecule has 0 bridgehead atoms. The lowest BCUT2D eigenvalue weighted by Crippen LogP contribution is -2.51. The van der Waals surface area contributed by atoms with Crippen LogP contribution in [-0.2, 0) is 9.53 Å². The first kappa shape index (κ1) is 16.1. The van der Waals surface area contributed by atoms with Crippen molar-refractivity contribution in [3.8, 4) is 0 Å². The molecule has 0 unspecified atom stereocenters. The van der Waals surface area contributed by atoms with E-state index in [1.165, 1.54) is 6.92 Å². The number of rotatable bonds is 7. The molecule has 0 aliphatic heterocycles. The van der Waals surface area contributed by atoms with Crippen molar-refractivity contribution in [2.24, 2.45) is 0 Å². The number of nitrogens with one attached hydrogen (secondary N) is 1. The average molecular weight is 259 g/mol. The Balaban J connectivity index is 3.81. The fourth-order valence-corrected chi connectivity index (χ4v) is 0.881. The van der Waals surface area contributed by atoms with Gasteiger partial charge in [0.15, 0.2) is 0 Å². The maximum absolute atomic E-state index is 11.7. The first-order chi connectivity index (χ1) is 7.72. The monoisotopic (exact) mass is 259 g/mol. The zero-order chi connectivity index (χ0) is 13.5. The van der Waals surface area contributed by atoms with Crippen molar-refractivity contribution in [1.82, 2.24) is 5.32 Å². The molecule has 0 fully saturated rings. The molecule has 5 nitrogen and oxygen atoms in total. The van der Waals surface area contributed by atoms with E-state index < -0.39 is 37.4 Å². The highest BCUT2D eigenvalue weighted by Crippen LogP contribution is 2.14. The Labute approximate surface area is 96.6 Å². The molecule has 102 valence electrons. The minimum atomic E-state index is -4.42. The van der Waals surface area contributed by atoms with Crippen LogP contribution in [0.2, 0.25) is 0 Å². The van der Waals surface area contributed by atoms with Crippen molar-refractivity contribution in [3.63, 3.8) is 0 Å². The second kappa shape index (κ2) is 6.77. The minimum absolute atomic E-state index is 0.272. The summed E-state index contributed by atoms with van der Waals surface area (Å²) in [6.07, 6.45) is -4.69. The number of carbonyl (C=O) groups excluding carboxylic acids is 1. The molecule has 0 aromatic carbocycles. The van der Waals surface area contributed by atoms with E-state index in [-0.39, 0.29) is 13.0 Å². The largest absolute Gasteiger partial charge is 0.411 e. The Hall–Kier alpha value is -0.860. The van der Waals surface area contributed by atoms with Crippen LogP contribution in [0.1, 0.15) is 13.3 Å². The van der Waals surface area contributed by atoms with E-state index in [9.17, 15) is 18.0 Å². The van der Waals surface area contributed by atoms with E-state index in [0.29, 0.717) is 0 Å². The fraction of sp³-hybridized carbons (Fsp3) is 0.889. The van der Waals surface area contributed by atoms with Gasteiger partial charge in [-0.15, -0.1) is 0 Å². The Morgan fingerprint density at radius 2 is 1.82 bits per heavy atom. The Bertz CT molecular complexity index is 241. The third-order valence-corrected chi connectivity index (χ3v) is 1.88. The number of hydrogen-bond acceptors (Lipinski definition) is 4. The van der Waals surface area contributed by atoms with E-state index in [2.05, 4.69) is 10.1 Å². The van der Waals surface area contributed by atoms with Crippen LogP contribution in [0.25, 0.3) is 0 Å². The van der Waals surface area contributed by atoms with Gasteiger partial charge in [0.2, 0.25) is 5.91 Å². The topological polar surface area (TPSA) is 78.8 Å². The molecule has 0 saturated carbocycles. The quantitative estimate of drug-likeness (QED) is 0.554. The van der Waals surface area contributed by atoms with Gasteiger partial charge in [-0.3, -0.25) is 4.79 Å². The number of hydrogen-bond donors (Lipinski definition) is 3. The van der Waals surface area contributed by atoms with Gasteiger partial charge in [0.25, 0.3) is 0 Å². The zero-order valence-electron chi connectivity index (χ0n) is 9.38. The molecule has 0 aromatic heterocycles. The summed E-state index contributed by atoms with van der Waals surface area (Å²) in [5.41, 5.74) is -1.18. The van der Waals surface area contributed by atoms with Gasteiger partial charge in [-0.25, -0.2) is 0 Å². The lowest BCUT2D eigenvalue weighted by atomic mass is 10.1. The third kappa shape index (κ3) is 7.94. The van der Waals surface area contributed by atoms with E-state index in [0.717, 1.165) is 0 Å². The van der Waals surface area contributed by atoms with Crippen molar-refractivity contribution in [3.05, 3.63) is 0 Å². The van der Waals surface area contributed by atoms with E-state index in [1.807, 2.05) is 0 Å². The van der Waals surface area contributed by atoms with Crippen LogP contribution in [0.15, 0.2) is 0 Å². The molecule has 8 heteroatoms. The highest BCUT2D eigenvalue weighted by atomic mass is 19.4. The molecular weight excluding hydrogens is 243 g/mol. The molecule has 0 atom stereocenters. The second-order valence-corrected chi connectivity index (χ2v) is 3.84. The van der Waals surface area contributed by atoms with Crippen molar-refractivity contribution >= 4 is 5.91 Å². The summed E-state index contributed by atoms with van der Waals surface area (Å²) in [4.78, 5) is 11.2. The van der Waals surface area contributed by atoms with Crippen LogP contribution in [0, 0.1) is 0 Å². The highest BCUT2D eigenvalue weighted by molar-refractivity contribution is 5.76. The second-order valence-electron chi connectivity index (χ2n) is 3.84. The molecule has 3 N–H and O–H groups in total. The van der Waals surface area contributed by atoms with Gasteiger partial charge in [0, 0.05) is 6.42 Å². The first-order valence-electron chi connectivity index (χ1n) is 4.90. The molecule has 0 spiro atoms. The summed E-state index contributed by atoms with van der Waals surface area (Å²) in [6, 6.07) is 0. The van der Waals surface area contributed by atoms with Crippen LogP contribution >= 0.6 is 0 Å². The molecule has 0 aromatic rings. The number of aliphatic hydroxyl groups is 2. The normalized spacial score (nSPS) is 12.6. The van der Waals surface area contributed by atoms with Gasteiger partial charge in [0.05, 0.1) is 25.4 Å². The van der Waals surface area contributed by atoms with Crippen molar-refractivity contribution in [2.75, 3.05) is 26.4 Å².